The Morgan fingerprint density at radius 1 is 1.36 bits per heavy atom. The van der Waals surface area contributed by atoms with Gasteiger partial charge >= 0.3 is 0 Å². The molecule has 1 atom stereocenters. The summed E-state index contributed by atoms with van der Waals surface area (Å²) < 4.78 is 11.0. The first kappa shape index (κ1) is 13.0. The van der Waals surface area contributed by atoms with Crippen LogP contribution >= 0.6 is 0 Å². The smallest absolute Gasteiger partial charge is 0.255 e. The number of carbonyl (C=O) groups excluding carboxylic acids is 1. The van der Waals surface area contributed by atoms with E-state index in [1.54, 1.807) is 0 Å². The molecule has 4 rings (SSSR count). The molecule has 0 bridgehead atoms. The fourth-order valence-corrected chi connectivity index (χ4v) is 2.50. The van der Waals surface area contributed by atoms with Crippen molar-refractivity contribution in [3.05, 3.63) is 30.3 Å². The quantitative estimate of drug-likeness (QED) is 0.774. The van der Waals surface area contributed by atoms with Gasteiger partial charge in [-0.1, -0.05) is 18.2 Å². The van der Waals surface area contributed by atoms with Gasteiger partial charge in [-0.05, 0) is 25.0 Å². The monoisotopic (exact) mass is 298 g/mol. The van der Waals surface area contributed by atoms with Gasteiger partial charge in [0.05, 0.1) is 0 Å². The molecule has 2 N–H and O–H groups in total. The lowest BCUT2D eigenvalue weighted by Gasteiger charge is -2.06. The molecule has 1 aromatic carbocycles. The van der Waals surface area contributed by atoms with Crippen molar-refractivity contribution >= 4 is 22.8 Å². The summed E-state index contributed by atoms with van der Waals surface area (Å²) in [6.45, 7) is 0.621. The van der Waals surface area contributed by atoms with Crippen molar-refractivity contribution in [1.82, 2.24) is 15.2 Å². The molecule has 7 nitrogen and oxygen atoms in total. The number of amides is 1. The van der Waals surface area contributed by atoms with E-state index in [0.717, 1.165) is 23.8 Å². The van der Waals surface area contributed by atoms with Crippen LogP contribution in [0.5, 0.6) is 0 Å². The fraction of sp³-hybridized carbons (Fsp3) is 0.267. The molecule has 0 aliphatic carbocycles. The molecule has 2 aromatic heterocycles. The van der Waals surface area contributed by atoms with Crippen molar-refractivity contribution in [2.45, 2.75) is 18.9 Å². The second-order valence-corrected chi connectivity index (χ2v) is 5.15. The molecule has 0 saturated carbocycles. The van der Waals surface area contributed by atoms with Crippen molar-refractivity contribution < 1.29 is 13.9 Å². The number of hydrogen-bond acceptors (Lipinski definition) is 5. The van der Waals surface area contributed by atoms with Crippen LogP contribution in [0.15, 0.2) is 34.7 Å². The van der Waals surface area contributed by atoms with Gasteiger partial charge in [0, 0.05) is 12.0 Å². The summed E-state index contributed by atoms with van der Waals surface area (Å²) in [6.07, 6.45) is 1.22. The molecule has 1 amide bonds. The third-order valence-electron chi connectivity index (χ3n) is 3.60. The zero-order valence-corrected chi connectivity index (χ0v) is 11.7. The van der Waals surface area contributed by atoms with Crippen LogP contribution < -0.4 is 5.32 Å². The van der Waals surface area contributed by atoms with E-state index in [2.05, 4.69) is 20.5 Å². The van der Waals surface area contributed by atoms with Gasteiger partial charge in [0.1, 0.15) is 11.7 Å². The highest BCUT2D eigenvalue weighted by Crippen LogP contribution is 2.25. The molecule has 3 aromatic rings. The lowest BCUT2D eigenvalue weighted by atomic mass is 10.2. The lowest BCUT2D eigenvalue weighted by Crippen LogP contribution is -2.27. The Labute approximate surface area is 125 Å². The predicted octanol–water partition coefficient (Wildman–Crippen LogP) is 2.34. The Kier molecular flexibility index (Phi) is 3.12. The van der Waals surface area contributed by atoms with Crippen LogP contribution in [0.3, 0.4) is 0 Å². The number of hydrogen-bond donors (Lipinski definition) is 2. The first-order chi connectivity index (χ1) is 10.8. The SMILES string of the molecule is O=C(Nc1n[nH]c(-c2cc3ccccc3o2)n1)[C@H]1CCCO1. The number of nitrogens with one attached hydrogen (secondary N) is 2. The average Bonchev–Trinajstić information content (AvgIpc) is 3.26. The molecule has 7 heteroatoms. The second-order valence-electron chi connectivity index (χ2n) is 5.15. The average molecular weight is 298 g/mol. The molecule has 1 saturated heterocycles. The summed E-state index contributed by atoms with van der Waals surface area (Å²) >= 11 is 0. The zero-order valence-electron chi connectivity index (χ0n) is 11.7. The number of benzene rings is 1. The summed E-state index contributed by atoms with van der Waals surface area (Å²) in [5, 5.41) is 10.4. The maximum absolute atomic E-state index is 11.9. The molecule has 0 radical (unpaired) electrons. The molecule has 0 spiro atoms. The van der Waals surface area contributed by atoms with Crippen molar-refractivity contribution in [1.29, 1.82) is 0 Å². The minimum atomic E-state index is -0.409. The van der Waals surface area contributed by atoms with Gasteiger partial charge in [-0.25, -0.2) is 0 Å². The van der Waals surface area contributed by atoms with Crippen LogP contribution in [0.1, 0.15) is 12.8 Å². The molecule has 3 heterocycles. The van der Waals surface area contributed by atoms with E-state index >= 15 is 0 Å². The number of furan rings is 1. The van der Waals surface area contributed by atoms with Crippen LogP contribution in [-0.4, -0.2) is 33.8 Å². The van der Waals surface area contributed by atoms with Crippen molar-refractivity contribution in [3.63, 3.8) is 0 Å². The number of rotatable bonds is 3. The summed E-state index contributed by atoms with van der Waals surface area (Å²) in [5.74, 6) is 1.05. The Morgan fingerprint density at radius 2 is 2.27 bits per heavy atom. The van der Waals surface area contributed by atoms with Crippen molar-refractivity contribution in [3.8, 4) is 11.6 Å². The van der Waals surface area contributed by atoms with E-state index in [4.69, 9.17) is 9.15 Å². The summed E-state index contributed by atoms with van der Waals surface area (Å²) in [4.78, 5) is 16.2. The van der Waals surface area contributed by atoms with Gasteiger partial charge in [-0.3, -0.25) is 15.2 Å². The molecule has 112 valence electrons. The zero-order chi connectivity index (χ0) is 14.9. The molecule has 22 heavy (non-hydrogen) atoms. The minimum absolute atomic E-state index is 0.215. The summed E-state index contributed by atoms with van der Waals surface area (Å²) in [7, 11) is 0. The van der Waals surface area contributed by atoms with Gasteiger partial charge in [-0.15, -0.1) is 5.10 Å². The highest BCUT2D eigenvalue weighted by atomic mass is 16.5. The van der Waals surface area contributed by atoms with E-state index in [9.17, 15) is 4.79 Å². The summed E-state index contributed by atoms with van der Waals surface area (Å²) in [5.41, 5.74) is 0.777. The normalized spacial score (nSPS) is 17.9. The second kappa shape index (κ2) is 5.27. The Morgan fingerprint density at radius 3 is 3.09 bits per heavy atom. The number of aromatic nitrogens is 3. The molecule has 1 fully saturated rings. The third-order valence-corrected chi connectivity index (χ3v) is 3.60. The van der Waals surface area contributed by atoms with E-state index < -0.39 is 6.10 Å². The van der Waals surface area contributed by atoms with Crippen LogP contribution in [0, 0.1) is 0 Å². The largest absolute Gasteiger partial charge is 0.453 e. The molecule has 1 aliphatic rings. The van der Waals surface area contributed by atoms with Gasteiger partial charge in [0.15, 0.2) is 11.6 Å². The van der Waals surface area contributed by atoms with Crippen molar-refractivity contribution in [2.75, 3.05) is 11.9 Å². The number of ether oxygens (including phenoxy) is 1. The third kappa shape index (κ3) is 2.35. The standard InChI is InChI=1S/C15H14N4O3/c20-14(11-6-3-7-21-11)17-15-16-13(18-19-15)12-8-9-4-1-2-5-10(9)22-12/h1-2,4-5,8,11H,3,6-7H2,(H2,16,17,18,19,20)/t11-/m1/s1. The van der Waals surface area contributed by atoms with E-state index in [1.165, 1.54) is 0 Å². The Bertz CT molecular complexity index is 784. The van der Waals surface area contributed by atoms with Gasteiger partial charge in [0.25, 0.3) is 5.91 Å². The van der Waals surface area contributed by atoms with Crippen LogP contribution in [0.25, 0.3) is 22.6 Å². The van der Waals surface area contributed by atoms with E-state index in [0.29, 0.717) is 18.2 Å². The molecular formula is C15H14N4O3. The number of H-pyrrole nitrogens is 1. The number of carbonyl (C=O) groups is 1. The van der Waals surface area contributed by atoms with E-state index in [-0.39, 0.29) is 11.9 Å². The summed E-state index contributed by atoms with van der Waals surface area (Å²) in [6, 6.07) is 9.56. The van der Waals surface area contributed by atoms with Crippen LogP contribution in [0.4, 0.5) is 5.95 Å². The highest BCUT2D eigenvalue weighted by molar-refractivity contribution is 5.93. The number of aromatic amines is 1. The van der Waals surface area contributed by atoms with Gasteiger partial charge in [-0.2, -0.15) is 4.98 Å². The topological polar surface area (TPSA) is 93.0 Å². The number of para-hydroxylation sites is 1. The first-order valence-corrected chi connectivity index (χ1v) is 7.13. The molecule has 0 unspecified atom stereocenters. The fourth-order valence-electron chi connectivity index (χ4n) is 2.50. The Hall–Kier alpha value is -2.67. The number of fused-ring (bicyclic) bond motifs is 1. The van der Waals surface area contributed by atoms with Gasteiger partial charge in [0.2, 0.25) is 5.95 Å². The molecular weight excluding hydrogens is 284 g/mol. The highest BCUT2D eigenvalue weighted by Gasteiger charge is 2.24. The number of anilines is 1. The predicted molar refractivity (Wildman–Crippen MR) is 79.2 cm³/mol. The minimum Gasteiger partial charge on any atom is -0.453 e. The van der Waals surface area contributed by atoms with Crippen LogP contribution in [-0.2, 0) is 9.53 Å². The lowest BCUT2D eigenvalue weighted by molar-refractivity contribution is -0.124. The van der Waals surface area contributed by atoms with E-state index in [1.807, 2.05) is 30.3 Å². The maximum atomic E-state index is 11.9. The van der Waals surface area contributed by atoms with Crippen LogP contribution in [0.2, 0.25) is 0 Å². The van der Waals surface area contributed by atoms with Gasteiger partial charge < -0.3 is 9.15 Å². The first-order valence-electron chi connectivity index (χ1n) is 7.13. The molecule has 1 aliphatic heterocycles. The van der Waals surface area contributed by atoms with Crippen molar-refractivity contribution in [2.24, 2.45) is 0 Å². The number of nitrogens with zero attached hydrogens (tertiary/aromatic N) is 2. The maximum Gasteiger partial charge on any atom is 0.255 e. The Balaban J connectivity index is 1.54.